The lowest BCUT2D eigenvalue weighted by molar-refractivity contribution is -0.121. The molecule has 1 saturated carbocycles. The summed E-state index contributed by atoms with van der Waals surface area (Å²) in [6, 6.07) is 6.44. The third kappa shape index (κ3) is 6.04. The standard InChI is InChI=1S/C18H27BrN2O4S/c1-25-13-5-12-20-18(22)14-21(16-6-3-2-4-7-16)26(23,24)17-10-8-15(19)9-11-17/h8-11,16H,2-7,12-14H2,1H3,(H,20,22). The molecule has 1 N–H and O–H groups in total. The van der Waals surface area contributed by atoms with Crippen LogP contribution in [0.15, 0.2) is 33.6 Å². The number of nitrogens with one attached hydrogen (secondary N) is 1. The van der Waals surface area contributed by atoms with E-state index >= 15 is 0 Å². The number of halogens is 1. The highest BCUT2D eigenvalue weighted by molar-refractivity contribution is 9.10. The summed E-state index contributed by atoms with van der Waals surface area (Å²) in [5.74, 6) is -0.271. The Balaban J connectivity index is 2.14. The molecule has 6 nitrogen and oxygen atoms in total. The van der Waals surface area contributed by atoms with Crippen LogP contribution in [0.25, 0.3) is 0 Å². The van der Waals surface area contributed by atoms with Crippen molar-refractivity contribution >= 4 is 31.9 Å². The second-order valence-electron chi connectivity index (χ2n) is 6.49. The minimum Gasteiger partial charge on any atom is -0.385 e. The molecule has 1 aromatic carbocycles. The number of ether oxygens (including phenoxy) is 1. The predicted octanol–water partition coefficient (Wildman–Crippen LogP) is 2.93. The van der Waals surface area contributed by atoms with Crippen LogP contribution in [0.1, 0.15) is 38.5 Å². The fourth-order valence-electron chi connectivity index (χ4n) is 3.16. The minimum atomic E-state index is -3.72. The average molecular weight is 447 g/mol. The second-order valence-corrected chi connectivity index (χ2v) is 9.30. The van der Waals surface area contributed by atoms with Crippen LogP contribution in [0.4, 0.5) is 0 Å². The van der Waals surface area contributed by atoms with Gasteiger partial charge in [0.2, 0.25) is 15.9 Å². The van der Waals surface area contributed by atoms with Gasteiger partial charge < -0.3 is 10.1 Å². The van der Waals surface area contributed by atoms with Crippen LogP contribution < -0.4 is 5.32 Å². The van der Waals surface area contributed by atoms with Crippen LogP contribution in [0, 0.1) is 0 Å². The van der Waals surface area contributed by atoms with E-state index in [4.69, 9.17) is 4.74 Å². The summed E-state index contributed by atoms with van der Waals surface area (Å²) in [7, 11) is -2.11. The number of rotatable bonds is 9. The highest BCUT2D eigenvalue weighted by Gasteiger charge is 2.33. The van der Waals surface area contributed by atoms with Gasteiger partial charge in [0.25, 0.3) is 0 Å². The first kappa shape index (κ1) is 21.3. The number of hydrogen-bond acceptors (Lipinski definition) is 4. The molecule has 1 aliphatic carbocycles. The Morgan fingerprint density at radius 2 is 1.88 bits per heavy atom. The first-order valence-corrected chi connectivity index (χ1v) is 11.2. The van der Waals surface area contributed by atoms with E-state index in [0.29, 0.717) is 19.6 Å². The van der Waals surface area contributed by atoms with E-state index in [1.165, 1.54) is 4.31 Å². The Hall–Kier alpha value is -0.960. The number of hydrogen-bond donors (Lipinski definition) is 1. The van der Waals surface area contributed by atoms with Crippen LogP contribution in [0.3, 0.4) is 0 Å². The van der Waals surface area contributed by atoms with E-state index in [-0.39, 0.29) is 23.4 Å². The van der Waals surface area contributed by atoms with Crippen LogP contribution in [0.2, 0.25) is 0 Å². The molecule has 0 spiro atoms. The van der Waals surface area contributed by atoms with Crippen LogP contribution in [-0.4, -0.2) is 51.5 Å². The van der Waals surface area contributed by atoms with Gasteiger partial charge in [-0.2, -0.15) is 4.31 Å². The number of sulfonamides is 1. The van der Waals surface area contributed by atoms with E-state index in [9.17, 15) is 13.2 Å². The molecule has 0 heterocycles. The molecular weight excluding hydrogens is 420 g/mol. The van der Waals surface area contributed by atoms with Crippen molar-refractivity contribution in [2.24, 2.45) is 0 Å². The number of methoxy groups -OCH3 is 1. The molecule has 0 saturated heterocycles. The quantitative estimate of drug-likeness (QED) is 0.591. The van der Waals surface area contributed by atoms with Gasteiger partial charge in [-0.3, -0.25) is 4.79 Å². The molecule has 0 aromatic heterocycles. The van der Waals surface area contributed by atoms with Crippen molar-refractivity contribution in [1.29, 1.82) is 0 Å². The summed E-state index contributed by atoms with van der Waals surface area (Å²) >= 11 is 3.32. The molecule has 8 heteroatoms. The van der Waals surface area contributed by atoms with Gasteiger partial charge in [-0.1, -0.05) is 35.2 Å². The minimum absolute atomic E-state index is 0.123. The number of carbonyl (C=O) groups is 1. The average Bonchev–Trinajstić information content (AvgIpc) is 2.64. The van der Waals surface area contributed by atoms with Crippen molar-refractivity contribution in [3.63, 3.8) is 0 Å². The summed E-state index contributed by atoms with van der Waals surface area (Å²) in [5.41, 5.74) is 0. The van der Waals surface area contributed by atoms with Crippen molar-refractivity contribution < 1.29 is 17.9 Å². The first-order chi connectivity index (χ1) is 12.4. The Morgan fingerprint density at radius 3 is 2.50 bits per heavy atom. The molecule has 0 radical (unpaired) electrons. The zero-order chi connectivity index (χ0) is 19.0. The fourth-order valence-corrected chi connectivity index (χ4v) is 5.07. The SMILES string of the molecule is COCCCNC(=O)CN(C1CCCCC1)S(=O)(=O)c1ccc(Br)cc1. The number of nitrogens with zero attached hydrogens (tertiary/aromatic N) is 1. The lowest BCUT2D eigenvalue weighted by Crippen LogP contribution is -2.47. The topological polar surface area (TPSA) is 75.7 Å². The predicted molar refractivity (Wildman–Crippen MR) is 104 cm³/mol. The molecule has 2 rings (SSSR count). The van der Waals surface area contributed by atoms with Crippen LogP contribution in [-0.2, 0) is 19.6 Å². The van der Waals surface area contributed by atoms with E-state index in [1.807, 2.05) is 0 Å². The fraction of sp³-hybridized carbons (Fsp3) is 0.611. The molecule has 1 aliphatic rings. The molecule has 1 amide bonds. The van der Waals surface area contributed by atoms with Gasteiger partial charge in [0.15, 0.2) is 0 Å². The molecule has 0 aliphatic heterocycles. The maximum Gasteiger partial charge on any atom is 0.243 e. The molecule has 1 fully saturated rings. The Labute approximate surface area is 164 Å². The van der Waals surface area contributed by atoms with Crippen molar-refractivity contribution in [2.75, 3.05) is 26.8 Å². The maximum atomic E-state index is 13.2. The molecule has 0 bridgehead atoms. The molecular formula is C18H27BrN2O4S. The molecule has 1 aromatic rings. The molecule has 146 valence electrons. The van der Waals surface area contributed by atoms with Gasteiger partial charge in [0, 0.05) is 30.8 Å². The lowest BCUT2D eigenvalue weighted by atomic mass is 9.95. The normalized spacial score (nSPS) is 16.0. The summed E-state index contributed by atoms with van der Waals surface area (Å²) < 4.78 is 33.5. The Morgan fingerprint density at radius 1 is 1.23 bits per heavy atom. The van der Waals surface area contributed by atoms with Crippen molar-refractivity contribution in [3.05, 3.63) is 28.7 Å². The zero-order valence-electron chi connectivity index (χ0n) is 15.1. The van der Waals surface area contributed by atoms with E-state index < -0.39 is 10.0 Å². The Kier molecular flexibility index (Phi) is 8.53. The van der Waals surface area contributed by atoms with E-state index in [2.05, 4.69) is 21.2 Å². The maximum absolute atomic E-state index is 13.2. The third-order valence-electron chi connectivity index (χ3n) is 4.55. The summed E-state index contributed by atoms with van der Waals surface area (Å²) in [6.45, 7) is 0.892. The number of benzene rings is 1. The molecule has 26 heavy (non-hydrogen) atoms. The summed E-state index contributed by atoms with van der Waals surface area (Å²) in [4.78, 5) is 12.5. The largest absolute Gasteiger partial charge is 0.385 e. The summed E-state index contributed by atoms with van der Waals surface area (Å²) in [6.07, 6.45) is 5.40. The molecule has 0 atom stereocenters. The van der Waals surface area contributed by atoms with Gasteiger partial charge in [-0.25, -0.2) is 8.42 Å². The molecule has 0 unspecified atom stereocenters. The first-order valence-electron chi connectivity index (χ1n) is 8.98. The van der Waals surface area contributed by atoms with Gasteiger partial charge in [-0.15, -0.1) is 0 Å². The summed E-state index contributed by atoms with van der Waals surface area (Å²) in [5, 5.41) is 2.79. The lowest BCUT2D eigenvalue weighted by Gasteiger charge is -2.33. The van der Waals surface area contributed by atoms with Crippen molar-refractivity contribution in [3.8, 4) is 0 Å². The van der Waals surface area contributed by atoms with Gasteiger partial charge in [0.1, 0.15) is 0 Å². The van der Waals surface area contributed by atoms with Crippen LogP contribution in [0.5, 0.6) is 0 Å². The van der Waals surface area contributed by atoms with Crippen LogP contribution >= 0.6 is 15.9 Å². The monoisotopic (exact) mass is 446 g/mol. The second kappa shape index (κ2) is 10.4. The van der Waals surface area contributed by atoms with Gasteiger partial charge >= 0.3 is 0 Å². The highest BCUT2D eigenvalue weighted by Crippen LogP contribution is 2.28. The third-order valence-corrected chi connectivity index (χ3v) is 6.99. The number of carbonyl (C=O) groups excluding carboxylic acids is 1. The Bertz CT molecular complexity index is 673. The van der Waals surface area contributed by atoms with Crippen molar-refractivity contribution in [2.45, 2.75) is 49.5 Å². The smallest absolute Gasteiger partial charge is 0.243 e. The highest BCUT2D eigenvalue weighted by atomic mass is 79.9. The van der Waals surface area contributed by atoms with E-state index in [1.54, 1.807) is 31.4 Å². The van der Waals surface area contributed by atoms with Crippen molar-refractivity contribution in [1.82, 2.24) is 9.62 Å². The van der Waals surface area contributed by atoms with Gasteiger partial charge in [-0.05, 0) is 43.5 Å². The zero-order valence-corrected chi connectivity index (χ0v) is 17.5. The van der Waals surface area contributed by atoms with E-state index in [0.717, 1.165) is 36.6 Å². The number of amides is 1. The van der Waals surface area contributed by atoms with Gasteiger partial charge in [0.05, 0.1) is 11.4 Å².